The van der Waals surface area contributed by atoms with Gasteiger partial charge in [0.1, 0.15) is 23.3 Å². The van der Waals surface area contributed by atoms with Gasteiger partial charge < -0.3 is 21.8 Å². The Labute approximate surface area is 170 Å². The van der Waals surface area contributed by atoms with E-state index in [1.807, 2.05) is 36.4 Å². The Kier molecular flexibility index (Phi) is 4.74. The highest BCUT2D eigenvalue weighted by Gasteiger charge is 2.17. The molecule has 0 aliphatic carbocycles. The lowest BCUT2D eigenvalue weighted by Crippen LogP contribution is -2.18. The van der Waals surface area contributed by atoms with E-state index >= 15 is 0 Å². The van der Waals surface area contributed by atoms with E-state index in [9.17, 15) is 14.4 Å². The molecule has 0 spiro atoms. The number of nitrogens with one attached hydrogen (secondary N) is 2. The summed E-state index contributed by atoms with van der Waals surface area (Å²) in [5, 5.41) is 12.5. The van der Waals surface area contributed by atoms with Crippen molar-refractivity contribution < 1.29 is 4.39 Å². The van der Waals surface area contributed by atoms with Crippen LogP contribution in [0.2, 0.25) is 0 Å². The van der Waals surface area contributed by atoms with Crippen LogP contribution < -0.4 is 22.2 Å². The van der Waals surface area contributed by atoms with Gasteiger partial charge in [0.05, 0.1) is 11.2 Å². The Balaban J connectivity index is 1.88. The van der Waals surface area contributed by atoms with Crippen molar-refractivity contribution in [1.29, 1.82) is 5.26 Å². The van der Waals surface area contributed by atoms with E-state index in [4.69, 9.17) is 11.5 Å². The smallest absolute Gasteiger partial charge is 0.224 e. The zero-order chi connectivity index (χ0) is 21.3. The lowest BCUT2D eigenvalue weighted by atomic mass is 10.0. The molecule has 0 radical (unpaired) electrons. The van der Waals surface area contributed by atoms with Gasteiger partial charge in [0.15, 0.2) is 11.2 Å². The van der Waals surface area contributed by atoms with Gasteiger partial charge in [-0.2, -0.15) is 15.2 Å². The molecule has 4 aromatic rings. The molecular weight excluding hydrogens is 385 g/mol. The lowest BCUT2D eigenvalue weighted by Gasteiger charge is -2.14. The maximum atomic E-state index is 14.4. The molecule has 0 saturated heterocycles. The standard InChI is InChI=1S/C21H16FN7O/c22-15-8-4-7-12-17(15)27-16(11-5-2-1-3-6-11)14(18(12)30)10-26-20-13(9-23)19(24)28-21(25)29-20/h1-8H,10H2,(H,27,30)(H5,24,25,26,28,29). The second kappa shape index (κ2) is 7.52. The minimum atomic E-state index is -0.524. The van der Waals surface area contributed by atoms with Gasteiger partial charge in [-0.15, -0.1) is 0 Å². The zero-order valence-electron chi connectivity index (χ0n) is 15.6. The quantitative estimate of drug-likeness (QED) is 0.411. The Morgan fingerprint density at radius 1 is 1.10 bits per heavy atom. The largest absolute Gasteiger partial charge is 0.382 e. The van der Waals surface area contributed by atoms with Crippen LogP contribution in [0.1, 0.15) is 11.1 Å². The molecule has 0 atom stereocenters. The van der Waals surface area contributed by atoms with Crippen molar-refractivity contribution in [3.05, 3.63) is 75.7 Å². The fraction of sp³-hybridized carbons (Fsp3) is 0.0476. The summed E-state index contributed by atoms with van der Waals surface area (Å²) in [5.74, 6) is -0.582. The molecule has 8 nitrogen and oxygen atoms in total. The molecule has 9 heteroatoms. The third-order valence-corrected chi connectivity index (χ3v) is 4.65. The fourth-order valence-electron chi connectivity index (χ4n) is 3.24. The van der Waals surface area contributed by atoms with Gasteiger partial charge in [-0.25, -0.2) is 4.39 Å². The van der Waals surface area contributed by atoms with Crippen molar-refractivity contribution in [3.8, 4) is 17.3 Å². The Morgan fingerprint density at radius 3 is 2.60 bits per heavy atom. The molecule has 0 aliphatic rings. The molecule has 0 aliphatic heterocycles. The van der Waals surface area contributed by atoms with Crippen molar-refractivity contribution in [2.75, 3.05) is 16.8 Å². The third-order valence-electron chi connectivity index (χ3n) is 4.65. The van der Waals surface area contributed by atoms with Gasteiger partial charge in [-0.05, 0) is 17.7 Å². The number of nitrogens with zero attached hydrogens (tertiary/aromatic N) is 3. The lowest BCUT2D eigenvalue weighted by molar-refractivity contribution is 0.636. The summed E-state index contributed by atoms with van der Waals surface area (Å²) in [6.07, 6.45) is 0. The number of fused-ring (bicyclic) bond motifs is 1. The first-order valence-corrected chi connectivity index (χ1v) is 8.95. The third kappa shape index (κ3) is 3.27. The molecular formula is C21H16FN7O. The van der Waals surface area contributed by atoms with Crippen LogP contribution in [-0.2, 0) is 6.54 Å². The first-order valence-electron chi connectivity index (χ1n) is 8.95. The van der Waals surface area contributed by atoms with Crippen LogP contribution in [-0.4, -0.2) is 15.0 Å². The molecule has 6 N–H and O–H groups in total. The van der Waals surface area contributed by atoms with Gasteiger partial charge in [-0.1, -0.05) is 36.4 Å². The Bertz CT molecular complexity index is 1360. The minimum Gasteiger partial charge on any atom is -0.382 e. The van der Waals surface area contributed by atoms with Gasteiger partial charge >= 0.3 is 0 Å². The first kappa shape index (κ1) is 18.9. The molecule has 0 amide bonds. The van der Waals surface area contributed by atoms with E-state index in [1.54, 1.807) is 6.07 Å². The highest BCUT2D eigenvalue weighted by molar-refractivity contribution is 5.84. The average Bonchev–Trinajstić information content (AvgIpc) is 2.74. The van der Waals surface area contributed by atoms with E-state index < -0.39 is 5.82 Å². The number of hydrogen-bond donors (Lipinski definition) is 4. The minimum absolute atomic E-state index is 0.00339. The molecule has 30 heavy (non-hydrogen) atoms. The van der Waals surface area contributed by atoms with Gasteiger partial charge in [0.2, 0.25) is 5.95 Å². The predicted octanol–water partition coefficient (Wildman–Crippen LogP) is 2.77. The summed E-state index contributed by atoms with van der Waals surface area (Å²) in [6, 6.07) is 15.3. The zero-order valence-corrected chi connectivity index (χ0v) is 15.6. The van der Waals surface area contributed by atoms with Crippen LogP contribution in [0.15, 0.2) is 53.3 Å². The molecule has 4 rings (SSSR count). The molecule has 0 unspecified atom stereocenters. The van der Waals surface area contributed by atoms with E-state index in [0.717, 1.165) is 0 Å². The molecule has 2 aromatic heterocycles. The molecule has 0 bridgehead atoms. The number of anilines is 3. The van der Waals surface area contributed by atoms with Crippen molar-refractivity contribution in [2.24, 2.45) is 0 Å². The number of pyridine rings is 1. The summed E-state index contributed by atoms with van der Waals surface area (Å²) in [4.78, 5) is 24.0. The van der Waals surface area contributed by atoms with Crippen molar-refractivity contribution in [3.63, 3.8) is 0 Å². The maximum Gasteiger partial charge on any atom is 0.224 e. The second-order valence-corrected chi connectivity index (χ2v) is 6.49. The van der Waals surface area contributed by atoms with E-state index in [0.29, 0.717) is 16.8 Å². The Hall–Kier alpha value is -4.45. The van der Waals surface area contributed by atoms with Gasteiger partial charge in [0.25, 0.3) is 0 Å². The highest BCUT2D eigenvalue weighted by Crippen LogP contribution is 2.25. The topological polar surface area (TPSA) is 146 Å². The van der Waals surface area contributed by atoms with Crippen LogP contribution in [0.5, 0.6) is 0 Å². The predicted molar refractivity (Wildman–Crippen MR) is 113 cm³/mol. The summed E-state index contributed by atoms with van der Waals surface area (Å²) < 4.78 is 14.4. The number of para-hydroxylation sites is 1. The SMILES string of the molecule is N#Cc1c(N)nc(N)nc1NCc1c(-c2ccccc2)[nH]c2c(F)cccc2c1=O. The molecule has 2 heterocycles. The number of benzene rings is 2. The molecule has 0 fully saturated rings. The summed E-state index contributed by atoms with van der Waals surface area (Å²) in [5.41, 5.74) is 12.7. The number of hydrogen-bond acceptors (Lipinski definition) is 7. The monoisotopic (exact) mass is 401 g/mol. The molecule has 148 valence electrons. The number of H-pyrrole nitrogens is 1. The summed E-state index contributed by atoms with van der Waals surface area (Å²) in [6.45, 7) is -0.00339. The number of nitrogen functional groups attached to an aromatic ring is 2. The normalized spacial score (nSPS) is 10.7. The van der Waals surface area contributed by atoms with Crippen molar-refractivity contribution in [2.45, 2.75) is 6.54 Å². The number of nitrogens with two attached hydrogens (primary N) is 2. The van der Waals surface area contributed by atoms with E-state index in [-0.39, 0.29) is 46.0 Å². The first-order chi connectivity index (χ1) is 14.5. The van der Waals surface area contributed by atoms with E-state index in [1.165, 1.54) is 12.1 Å². The number of nitriles is 1. The van der Waals surface area contributed by atoms with E-state index in [2.05, 4.69) is 20.3 Å². The van der Waals surface area contributed by atoms with Crippen LogP contribution in [0.3, 0.4) is 0 Å². The summed E-state index contributed by atoms with van der Waals surface area (Å²) in [7, 11) is 0. The highest BCUT2D eigenvalue weighted by atomic mass is 19.1. The Morgan fingerprint density at radius 2 is 1.87 bits per heavy atom. The van der Waals surface area contributed by atoms with Gasteiger partial charge in [-0.3, -0.25) is 4.79 Å². The summed E-state index contributed by atoms with van der Waals surface area (Å²) >= 11 is 0. The number of aromatic nitrogens is 3. The maximum absolute atomic E-state index is 14.4. The van der Waals surface area contributed by atoms with Crippen molar-refractivity contribution >= 4 is 28.5 Å². The van der Waals surface area contributed by atoms with Crippen LogP contribution in [0.25, 0.3) is 22.2 Å². The van der Waals surface area contributed by atoms with Crippen LogP contribution >= 0.6 is 0 Å². The van der Waals surface area contributed by atoms with Gasteiger partial charge in [0, 0.05) is 17.5 Å². The average molecular weight is 401 g/mol. The number of rotatable bonds is 4. The molecule has 0 saturated carbocycles. The second-order valence-electron chi connectivity index (χ2n) is 6.49. The molecule has 2 aromatic carbocycles. The van der Waals surface area contributed by atoms with Crippen LogP contribution in [0.4, 0.5) is 22.0 Å². The number of halogens is 1. The number of aromatic amines is 1. The fourth-order valence-corrected chi connectivity index (χ4v) is 3.24. The van der Waals surface area contributed by atoms with Crippen molar-refractivity contribution in [1.82, 2.24) is 15.0 Å². The van der Waals surface area contributed by atoms with Crippen LogP contribution in [0, 0.1) is 17.1 Å².